The SMILES string of the molecule is CCc1ccc(CN2CCC(CNC(=O)c3ccc(C)cc3)CC2)cc1. The molecule has 2 aromatic carbocycles. The highest BCUT2D eigenvalue weighted by Gasteiger charge is 2.20. The van der Waals surface area contributed by atoms with Crippen LogP contribution in [0.5, 0.6) is 0 Å². The predicted octanol–water partition coefficient (Wildman–Crippen LogP) is 4.20. The molecule has 1 aliphatic heterocycles. The summed E-state index contributed by atoms with van der Waals surface area (Å²) in [7, 11) is 0. The highest BCUT2D eigenvalue weighted by molar-refractivity contribution is 5.94. The van der Waals surface area contributed by atoms with Crippen LogP contribution in [0.15, 0.2) is 48.5 Å². The molecule has 1 fully saturated rings. The Morgan fingerprint density at radius 1 is 1.00 bits per heavy atom. The van der Waals surface area contributed by atoms with Gasteiger partial charge in [-0.1, -0.05) is 48.9 Å². The molecule has 1 heterocycles. The number of carbonyl (C=O) groups excluding carboxylic acids is 1. The van der Waals surface area contributed by atoms with Gasteiger partial charge in [-0.15, -0.1) is 0 Å². The van der Waals surface area contributed by atoms with E-state index in [1.165, 1.54) is 16.7 Å². The van der Waals surface area contributed by atoms with Gasteiger partial charge in [0.25, 0.3) is 5.91 Å². The van der Waals surface area contributed by atoms with E-state index in [1.807, 2.05) is 31.2 Å². The number of benzene rings is 2. The first-order chi connectivity index (χ1) is 12.6. The van der Waals surface area contributed by atoms with Crippen LogP contribution in [0.2, 0.25) is 0 Å². The van der Waals surface area contributed by atoms with E-state index in [0.717, 1.165) is 51.0 Å². The number of aryl methyl sites for hydroxylation is 2. The lowest BCUT2D eigenvalue weighted by molar-refractivity contribution is 0.0935. The van der Waals surface area contributed by atoms with Gasteiger partial charge in [0.05, 0.1) is 0 Å². The van der Waals surface area contributed by atoms with Crippen LogP contribution in [0.4, 0.5) is 0 Å². The molecule has 1 N–H and O–H groups in total. The van der Waals surface area contributed by atoms with Crippen molar-refractivity contribution in [3.63, 3.8) is 0 Å². The maximum Gasteiger partial charge on any atom is 0.251 e. The van der Waals surface area contributed by atoms with Crippen LogP contribution in [0.25, 0.3) is 0 Å². The van der Waals surface area contributed by atoms with Crippen LogP contribution in [0, 0.1) is 12.8 Å². The molecule has 26 heavy (non-hydrogen) atoms. The fourth-order valence-corrected chi connectivity index (χ4v) is 3.53. The minimum absolute atomic E-state index is 0.0449. The summed E-state index contributed by atoms with van der Waals surface area (Å²) in [6.45, 7) is 8.27. The van der Waals surface area contributed by atoms with Gasteiger partial charge in [0.2, 0.25) is 0 Å². The topological polar surface area (TPSA) is 32.3 Å². The van der Waals surface area contributed by atoms with Crippen molar-refractivity contribution in [2.24, 2.45) is 5.92 Å². The second kappa shape index (κ2) is 9.00. The van der Waals surface area contributed by atoms with Gasteiger partial charge in [-0.25, -0.2) is 0 Å². The lowest BCUT2D eigenvalue weighted by Crippen LogP contribution is -2.38. The third-order valence-corrected chi connectivity index (χ3v) is 5.41. The van der Waals surface area contributed by atoms with Crippen molar-refractivity contribution in [3.8, 4) is 0 Å². The summed E-state index contributed by atoms with van der Waals surface area (Å²) in [6, 6.07) is 16.8. The van der Waals surface area contributed by atoms with E-state index in [9.17, 15) is 4.79 Å². The Kier molecular flexibility index (Phi) is 6.45. The summed E-state index contributed by atoms with van der Waals surface area (Å²) in [5.41, 5.74) is 4.73. The fourth-order valence-electron chi connectivity index (χ4n) is 3.53. The summed E-state index contributed by atoms with van der Waals surface area (Å²) in [5.74, 6) is 0.631. The van der Waals surface area contributed by atoms with E-state index in [-0.39, 0.29) is 5.91 Å². The molecule has 1 saturated heterocycles. The summed E-state index contributed by atoms with van der Waals surface area (Å²) < 4.78 is 0. The van der Waals surface area contributed by atoms with Gasteiger partial charge in [0, 0.05) is 18.7 Å². The summed E-state index contributed by atoms with van der Waals surface area (Å²) in [6.07, 6.45) is 3.41. The molecular formula is C23H30N2O. The molecule has 1 amide bonds. The Bertz CT molecular complexity index is 698. The zero-order valence-electron chi connectivity index (χ0n) is 16.0. The first-order valence-electron chi connectivity index (χ1n) is 9.79. The third-order valence-electron chi connectivity index (χ3n) is 5.41. The van der Waals surface area contributed by atoms with Crippen molar-refractivity contribution in [1.29, 1.82) is 0 Å². The standard InChI is InChI=1S/C23H30N2O/c1-3-19-6-8-21(9-7-19)17-25-14-12-20(13-15-25)16-24-23(26)22-10-4-18(2)5-11-22/h4-11,20H,3,12-17H2,1-2H3,(H,24,26). The highest BCUT2D eigenvalue weighted by atomic mass is 16.1. The molecule has 0 saturated carbocycles. The summed E-state index contributed by atoms with van der Waals surface area (Å²) >= 11 is 0. The number of likely N-dealkylation sites (tertiary alicyclic amines) is 1. The second-order valence-corrected chi connectivity index (χ2v) is 7.47. The van der Waals surface area contributed by atoms with E-state index in [4.69, 9.17) is 0 Å². The Morgan fingerprint density at radius 2 is 1.62 bits per heavy atom. The van der Waals surface area contributed by atoms with Gasteiger partial charge in [-0.05, 0) is 68.5 Å². The van der Waals surface area contributed by atoms with Gasteiger partial charge in [0.15, 0.2) is 0 Å². The van der Waals surface area contributed by atoms with E-state index < -0.39 is 0 Å². The van der Waals surface area contributed by atoms with E-state index in [1.54, 1.807) is 0 Å². The largest absolute Gasteiger partial charge is 0.352 e. The molecule has 0 unspecified atom stereocenters. The minimum atomic E-state index is 0.0449. The summed E-state index contributed by atoms with van der Waals surface area (Å²) in [4.78, 5) is 14.8. The lowest BCUT2D eigenvalue weighted by Gasteiger charge is -2.32. The maximum atomic E-state index is 12.2. The van der Waals surface area contributed by atoms with Crippen LogP contribution in [0.1, 0.15) is 46.8 Å². The van der Waals surface area contributed by atoms with Crippen LogP contribution in [-0.4, -0.2) is 30.4 Å². The van der Waals surface area contributed by atoms with Crippen LogP contribution in [-0.2, 0) is 13.0 Å². The molecule has 2 aromatic rings. The minimum Gasteiger partial charge on any atom is -0.352 e. The number of hydrogen-bond donors (Lipinski definition) is 1. The van der Waals surface area contributed by atoms with Crippen molar-refractivity contribution < 1.29 is 4.79 Å². The lowest BCUT2D eigenvalue weighted by atomic mass is 9.96. The van der Waals surface area contributed by atoms with Gasteiger partial charge in [-0.2, -0.15) is 0 Å². The monoisotopic (exact) mass is 350 g/mol. The van der Waals surface area contributed by atoms with Gasteiger partial charge in [-0.3, -0.25) is 9.69 Å². The Hall–Kier alpha value is -2.13. The Morgan fingerprint density at radius 3 is 2.23 bits per heavy atom. The molecule has 3 heteroatoms. The van der Waals surface area contributed by atoms with Crippen molar-refractivity contribution in [3.05, 3.63) is 70.8 Å². The van der Waals surface area contributed by atoms with Gasteiger partial charge < -0.3 is 5.32 Å². The zero-order chi connectivity index (χ0) is 18.4. The van der Waals surface area contributed by atoms with Crippen LogP contribution >= 0.6 is 0 Å². The van der Waals surface area contributed by atoms with Crippen molar-refractivity contribution in [2.75, 3.05) is 19.6 Å². The first kappa shape index (κ1) is 18.7. The predicted molar refractivity (Wildman–Crippen MR) is 107 cm³/mol. The molecule has 0 aromatic heterocycles. The normalized spacial score (nSPS) is 15.8. The van der Waals surface area contributed by atoms with E-state index in [2.05, 4.69) is 41.4 Å². The fraction of sp³-hybridized carbons (Fsp3) is 0.435. The van der Waals surface area contributed by atoms with Gasteiger partial charge in [0.1, 0.15) is 0 Å². The van der Waals surface area contributed by atoms with Gasteiger partial charge >= 0.3 is 0 Å². The van der Waals surface area contributed by atoms with E-state index in [0.29, 0.717) is 5.92 Å². The molecule has 0 aliphatic carbocycles. The maximum absolute atomic E-state index is 12.2. The molecule has 1 aliphatic rings. The summed E-state index contributed by atoms with van der Waals surface area (Å²) in [5, 5.41) is 3.11. The van der Waals surface area contributed by atoms with Crippen molar-refractivity contribution in [2.45, 2.75) is 39.7 Å². The molecule has 3 nitrogen and oxygen atoms in total. The molecule has 3 rings (SSSR count). The number of rotatable bonds is 6. The van der Waals surface area contributed by atoms with Crippen LogP contribution < -0.4 is 5.32 Å². The van der Waals surface area contributed by atoms with Crippen molar-refractivity contribution in [1.82, 2.24) is 10.2 Å². The molecule has 0 atom stereocenters. The van der Waals surface area contributed by atoms with E-state index >= 15 is 0 Å². The molecule has 0 bridgehead atoms. The third kappa shape index (κ3) is 5.18. The second-order valence-electron chi connectivity index (χ2n) is 7.47. The zero-order valence-corrected chi connectivity index (χ0v) is 16.0. The number of piperidine rings is 1. The number of amides is 1. The Balaban J connectivity index is 1.40. The molecule has 0 spiro atoms. The average molecular weight is 351 g/mol. The molecule has 0 radical (unpaired) electrons. The van der Waals surface area contributed by atoms with Crippen LogP contribution in [0.3, 0.4) is 0 Å². The number of nitrogens with one attached hydrogen (secondary N) is 1. The number of nitrogens with zero attached hydrogens (tertiary/aromatic N) is 1. The first-order valence-corrected chi connectivity index (χ1v) is 9.79. The quantitative estimate of drug-likeness (QED) is 0.847. The Labute approximate surface area is 157 Å². The number of carbonyl (C=O) groups is 1. The molecular weight excluding hydrogens is 320 g/mol. The van der Waals surface area contributed by atoms with Crippen molar-refractivity contribution >= 4 is 5.91 Å². The smallest absolute Gasteiger partial charge is 0.251 e. The number of hydrogen-bond acceptors (Lipinski definition) is 2. The average Bonchev–Trinajstić information content (AvgIpc) is 2.68. The molecule has 138 valence electrons. The highest BCUT2D eigenvalue weighted by Crippen LogP contribution is 2.19.